The van der Waals surface area contributed by atoms with E-state index < -0.39 is 0 Å². The van der Waals surface area contributed by atoms with Gasteiger partial charge in [0.15, 0.2) is 0 Å². The minimum absolute atomic E-state index is 0.0691. The van der Waals surface area contributed by atoms with E-state index in [1.54, 1.807) is 11.3 Å². The highest BCUT2D eigenvalue weighted by Crippen LogP contribution is 2.32. The van der Waals surface area contributed by atoms with Crippen molar-refractivity contribution < 1.29 is 0 Å². The molecule has 0 aliphatic heterocycles. The summed E-state index contributed by atoms with van der Waals surface area (Å²) in [6.45, 7) is 4.26. The van der Waals surface area contributed by atoms with Crippen LogP contribution < -0.4 is 5.73 Å². The first-order valence-corrected chi connectivity index (χ1v) is 7.71. The van der Waals surface area contributed by atoms with E-state index in [1.807, 2.05) is 12.1 Å². The lowest BCUT2D eigenvalue weighted by atomic mass is 10.1. The summed E-state index contributed by atoms with van der Waals surface area (Å²) in [5.74, 6) is 0. The SMILES string of the molecule is CCCC(N)c1nc(-c2cccc(Br)c2)c(C)s1. The molecule has 1 aromatic heterocycles. The van der Waals surface area contributed by atoms with Gasteiger partial charge in [0.05, 0.1) is 11.7 Å². The van der Waals surface area contributed by atoms with Crippen LogP contribution in [0.1, 0.15) is 35.7 Å². The summed E-state index contributed by atoms with van der Waals surface area (Å²) in [6, 6.07) is 8.30. The molecule has 0 radical (unpaired) electrons. The van der Waals surface area contributed by atoms with Crippen LogP contribution in [0.2, 0.25) is 0 Å². The largest absolute Gasteiger partial charge is 0.322 e. The maximum absolute atomic E-state index is 6.13. The van der Waals surface area contributed by atoms with Gasteiger partial charge < -0.3 is 5.73 Å². The van der Waals surface area contributed by atoms with Crippen LogP contribution in [0.5, 0.6) is 0 Å². The van der Waals surface area contributed by atoms with Crippen molar-refractivity contribution in [2.75, 3.05) is 0 Å². The molecule has 0 bridgehead atoms. The van der Waals surface area contributed by atoms with Crippen LogP contribution in [0, 0.1) is 6.92 Å². The molecule has 2 N–H and O–H groups in total. The van der Waals surface area contributed by atoms with Crippen LogP contribution in [0.4, 0.5) is 0 Å². The molecule has 0 spiro atoms. The molecule has 2 rings (SSSR count). The Balaban J connectivity index is 2.35. The minimum Gasteiger partial charge on any atom is -0.322 e. The molecule has 1 aromatic carbocycles. The Labute approximate surface area is 120 Å². The van der Waals surface area contributed by atoms with E-state index in [0.29, 0.717) is 0 Å². The summed E-state index contributed by atoms with van der Waals surface area (Å²) in [4.78, 5) is 5.94. The Kier molecular flexibility index (Phi) is 4.54. The summed E-state index contributed by atoms with van der Waals surface area (Å²) in [5, 5.41) is 1.05. The fraction of sp³-hybridized carbons (Fsp3) is 0.357. The lowest BCUT2D eigenvalue weighted by Gasteiger charge is -2.05. The van der Waals surface area contributed by atoms with Crippen molar-refractivity contribution in [2.45, 2.75) is 32.7 Å². The van der Waals surface area contributed by atoms with Crippen LogP contribution >= 0.6 is 27.3 Å². The molecule has 0 fully saturated rings. The van der Waals surface area contributed by atoms with E-state index in [0.717, 1.165) is 33.6 Å². The maximum atomic E-state index is 6.13. The van der Waals surface area contributed by atoms with Crippen LogP contribution in [0.25, 0.3) is 11.3 Å². The lowest BCUT2D eigenvalue weighted by Crippen LogP contribution is -2.09. The molecule has 0 saturated carbocycles. The second kappa shape index (κ2) is 5.95. The molecule has 18 heavy (non-hydrogen) atoms. The van der Waals surface area contributed by atoms with Gasteiger partial charge in [-0.25, -0.2) is 4.98 Å². The van der Waals surface area contributed by atoms with Crippen molar-refractivity contribution in [3.8, 4) is 11.3 Å². The number of benzene rings is 1. The third-order valence-corrected chi connectivity index (χ3v) is 4.42. The van der Waals surface area contributed by atoms with Gasteiger partial charge in [0, 0.05) is 14.9 Å². The van der Waals surface area contributed by atoms with Gasteiger partial charge in [-0.15, -0.1) is 11.3 Å². The number of thiazole rings is 1. The van der Waals surface area contributed by atoms with Crippen LogP contribution in [-0.4, -0.2) is 4.98 Å². The van der Waals surface area contributed by atoms with Crippen molar-refractivity contribution in [1.29, 1.82) is 0 Å². The van der Waals surface area contributed by atoms with E-state index in [-0.39, 0.29) is 6.04 Å². The molecule has 0 saturated heterocycles. The number of hydrogen-bond donors (Lipinski definition) is 1. The molecule has 0 aliphatic rings. The van der Waals surface area contributed by atoms with E-state index in [1.165, 1.54) is 4.88 Å². The van der Waals surface area contributed by atoms with E-state index in [2.05, 4.69) is 41.9 Å². The fourth-order valence-electron chi connectivity index (χ4n) is 1.91. The summed E-state index contributed by atoms with van der Waals surface area (Å²) >= 11 is 5.21. The molecule has 0 amide bonds. The quantitative estimate of drug-likeness (QED) is 0.886. The first-order valence-electron chi connectivity index (χ1n) is 6.10. The number of nitrogens with zero attached hydrogens (tertiary/aromatic N) is 1. The Hall–Kier alpha value is -0.710. The van der Waals surface area contributed by atoms with Crippen molar-refractivity contribution >= 4 is 27.3 Å². The lowest BCUT2D eigenvalue weighted by molar-refractivity contribution is 0.635. The van der Waals surface area contributed by atoms with Crippen LogP contribution in [-0.2, 0) is 0 Å². The van der Waals surface area contributed by atoms with Crippen molar-refractivity contribution in [3.05, 3.63) is 38.6 Å². The second-order valence-corrected chi connectivity index (χ2v) is 6.51. The van der Waals surface area contributed by atoms with Gasteiger partial charge in [-0.2, -0.15) is 0 Å². The molecule has 1 unspecified atom stereocenters. The van der Waals surface area contributed by atoms with E-state index in [4.69, 9.17) is 10.7 Å². The molecule has 96 valence electrons. The standard InChI is InChI=1S/C14H17BrN2S/c1-3-5-12(16)14-17-13(9(2)18-14)10-6-4-7-11(15)8-10/h4,6-8,12H,3,5,16H2,1-2H3. The number of hydrogen-bond acceptors (Lipinski definition) is 3. The number of nitrogens with two attached hydrogens (primary N) is 1. The molecule has 0 aliphatic carbocycles. The highest BCUT2D eigenvalue weighted by atomic mass is 79.9. The van der Waals surface area contributed by atoms with E-state index in [9.17, 15) is 0 Å². The second-order valence-electron chi connectivity index (χ2n) is 4.36. The summed E-state index contributed by atoms with van der Waals surface area (Å²) in [6.07, 6.45) is 2.08. The molecular weight excluding hydrogens is 308 g/mol. The molecule has 1 atom stereocenters. The third kappa shape index (κ3) is 2.99. The van der Waals surface area contributed by atoms with Gasteiger partial charge >= 0.3 is 0 Å². The average Bonchev–Trinajstić information content (AvgIpc) is 2.72. The highest BCUT2D eigenvalue weighted by Gasteiger charge is 2.14. The monoisotopic (exact) mass is 324 g/mol. The zero-order valence-corrected chi connectivity index (χ0v) is 13.0. The van der Waals surface area contributed by atoms with Gasteiger partial charge in [0.25, 0.3) is 0 Å². The molecular formula is C14H17BrN2S. The summed E-state index contributed by atoms with van der Waals surface area (Å²) < 4.78 is 1.08. The number of aromatic nitrogens is 1. The molecule has 2 nitrogen and oxygen atoms in total. The third-order valence-electron chi connectivity index (χ3n) is 2.83. The van der Waals surface area contributed by atoms with Crippen molar-refractivity contribution in [3.63, 3.8) is 0 Å². The number of rotatable bonds is 4. The van der Waals surface area contributed by atoms with Crippen molar-refractivity contribution in [2.24, 2.45) is 5.73 Å². The zero-order chi connectivity index (χ0) is 13.1. The van der Waals surface area contributed by atoms with Gasteiger partial charge in [0.1, 0.15) is 5.01 Å². The maximum Gasteiger partial charge on any atom is 0.110 e. The Bertz CT molecular complexity index is 536. The predicted molar refractivity (Wildman–Crippen MR) is 81.8 cm³/mol. The average molecular weight is 325 g/mol. The Morgan fingerprint density at radius 2 is 2.22 bits per heavy atom. The fourth-order valence-corrected chi connectivity index (χ4v) is 3.29. The predicted octanol–water partition coefficient (Wildman–Crippen LogP) is 4.68. The summed E-state index contributed by atoms with van der Waals surface area (Å²) in [7, 11) is 0. The van der Waals surface area contributed by atoms with Crippen molar-refractivity contribution in [1.82, 2.24) is 4.98 Å². The van der Waals surface area contributed by atoms with Gasteiger partial charge in [0.2, 0.25) is 0 Å². The Morgan fingerprint density at radius 1 is 1.44 bits per heavy atom. The highest BCUT2D eigenvalue weighted by molar-refractivity contribution is 9.10. The minimum atomic E-state index is 0.0691. The topological polar surface area (TPSA) is 38.9 Å². The molecule has 4 heteroatoms. The summed E-state index contributed by atoms with van der Waals surface area (Å²) in [5.41, 5.74) is 8.34. The number of halogens is 1. The molecule has 2 aromatic rings. The number of aryl methyl sites for hydroxylation is 1. The van der Waals surface area contributed by atoms with Crippen LogP contribution in [0.15, 0.2) is 28.7 Å². The van der Waals surface area contributed by atoms with Gasteiger partial charge in [-0.1, -0.05) is 41.4 Å². The van der Waals surface area contributed by atoms with E-state index >= 15 is 0 Å². The molecule has 1 heterocycles. The van der Waals surface area contributed by atoms with Gasteiger partial charge in [-0.3, -0.25) is 0 Å². The van der Waals surface area contributed by atoms with Crippen LogP contribution in [0.3, 0.4) is 0 Å². The normalized spacial score (nSPS) is 12.7. The first-order chi connectivity index (χ1) is 8.61. The smallest absolute Gasteiger partial charge is 0.110 e. The zero-order valence-electron chi connectivity index (χ0n) is 10.6. The Morgan fingerprint density at radius 3 is 2.89 bits per heavy atom. The first kappa shape index (κ1) is 13.7. The van der Waals surface area contributed by atoms with Gasteiger partial charge in [-0.05, 0) is 25.5 Å².